The summed E-state index contributed by atoms with van der Waals surface area (Å²) in [4.78, 5) is 12.0. The first-order valence-electron chi connectivity index (χ1n) is 7.97. The highest BCUT2D eigenvalue weighted by atomic mass is 16.3. The molecule has 2 atom stereocenters. The summed E-state index contributed by atoms with van der Waals surface area (Å²) in [5.41, 5.74) is 2.37. The lowest BCUT2D eigenvalue weighted by Gasteiger charge is -2.13. The smallest absolute Gasteiger partial charge is 0.161 e. The van der Waals surface area contributed by atoms with Gasteiger partial charge in [0.15, 0.2) is 5.78 Å². The van der Waals surface area contributed by atoms with Crippen LogP contribution in [0.4, 0.5) is 0 Å². The molecule has 0 saturated heterocycles. The molecule has 1 aliphatic rings. The van der Waals surface area contributed by atoms with E-state index in [1.807, 2.05) is 0 Å². The first kappa shape index (κ1) is 16.5. The van der Waals surface area contributed by atoms with Crippen molar-refractivity contribution in [2.45, 2.75) is 37.9 Å². The maximum atomic E-state index is 12.0. The first-order valence-corrected chi connectivity index (χ1v) is 7.97. The molecule has 5 heteroatoms. The number of ketones is 1. The third-order valence-electron chi connectivity index (χ3n) is 4.41. The van der Waals surface area contributed by atoms with E-state index in [0.717, 1.165) is 5.56 Å². The van der Waals surface area contributed by atoms with Gasteiger partial charge in [0, 0.05) is 24.0 Å². The Morgan fingerprint density at radius 2 is 1.38 bits per heavy atom. The van der Waals surface area contributed by atoms with Gasteiger partial charge in [0.05, 0.1) is 6.10 Å². The maximum Gasteiger partial charge on any atom is 0.161 e. The number of phenols is 2. The number of hydrogen-bond acceptors (Lipinski definition) is 5. The average Bonchev–Trinajstić information content (AvgIpc) is 2.56. The van der Waals surface area contributed by atoms with Crippen LogP contribution < -0.4 is 0 Å². The molecule has 0 spiro atoms. The van der Waals surface area contributed by atoms with Gasteiger partial charge in [-0.15, -0.1) is 0 Å². The fourth-order valence-electron chi connectivity index (χ4n) is 3.04. The van der Waals surface area contributed by atoms with E-state index in [4.69, 9.17) is 0 Å². The Bertz CT molecular complexity index is 768. The van der Waals surface area contributed by atoms with Gasteiger partial charge in [-0.3, -0.25) is 4.79 Å². The monoisotopic (exact) mass is 328 g/mol. The van der Waals surface area contributed by atoms with Crippen LogP contribution in [0.1, 0.15) is 24.0 Å². The number of carbonyl (C=O) groups is 1. The highest BCUT2D eigenvalue weighted by Crippen LogP contribution is 2.37. The summed E-state index contributed by atoms with van der Waals surface area (Å²) < 4.78 is 0. The summed E-state index contributed by atoms with van der Waals surface area (Å²) in [7, 11) is 0. The van der Waals surface area contributed by atoms with E-state index in [-0.39, 0.29) is 36.5 Å². The largest absolute Gasteiger partial charge is 0.507 e. The van der Waals surface area contributed by atoms with Gasteiger partial charge >= 0.3 is 0 Å². The molecule has 0 aliphatic heterocycles. The minimum absolute atomic E-state index is 0.00226. The van der Waals surface area contributed by atoms with Crippen LogP contribution in [0.5, 0.6) is 11.5 Å². The molecule has 0 saturated carbocycles. The Balaban J connectivity index is 2.12. The molecular weight excluding hydrogens is 308 g/mol. The molecule has 3 rings (SSSR count). The number of fused-ring (bicyclic) bond motifs is 5. The predicted molar refractivity (Wildman–Crippen MR) is 88.9 cm³/mol. The second-order valence-electron chi connectivity index (χ2n) is 6.29. The van der Waals surface area contributed by atoms with E-state index >= 15 is 0 Å². The van der Waals surface area contributed by atoms with Crippen LogP contribution in [0.25, 0.3) is 11.1 Å². The maximum absolute atomic E-state index is 12.0. The van der Waals surface area contributed by atoms with Gasteiger partial charge in [0.2, 0.25) is 0 Å². The number of carbonyl (C=O) groups excluding carboxylic acids is 1. The summed E-state index contributed by atoms with van der Waals surface area (Å²) in [6.07, 6.45) is -1.02. The molecule has 0 radical (unpaired) electrons. The molecule has 2 aromatic carbocycles. The topological polar surface area (TPSA) is 98.0 Å². The van der Waals surface area contributed by atoms with Crippen molar-refractivity contribution in [3.8, 4) is 22.6 Å². The first-order chi connectivity index (χ1) is 11.4. The Labute approximate surface area is 139 Å². The van der Waals surface area contributed by atoms with Crippen LogP contribution in [0, 0.1) is 0 Å². The number of phenolic OH excluding ortho intramolecular Hbond substituents is 2. The van der Waals surface area contributed by atoms with Crippen molar-refractivity contribution >= 4 is 5.78 Å². The lowest BCUT2D eigenvalue weighted by atomic mass is 9.96. The van der Waals surface area contributed by atoms with E-state index in [9.17, 15) is 25.2 Å². The Morgan fingerprint density at radius 1 is 0.833 bits per heavy atom. The summed E-state index contributed by atoms with van der Waals surface area (Å²) >= 11 is 0. The number of hydrogen-bond donors (Lipinski definition) is 4. The number of aromatic hydroxyl groups is 2. The van der Waals surface area contributed by atoms with E-state index in [1.54, 1.807) is 24.3 Å². The molecule has 5 nitrogen and oxygen atoms in total. The van der Waals surface area contributed by atoms with Gasteiger partial charge in [-0.1, -0.05) is 12.1 Å². The van der Waals surface area contributed by atoms with Crippen molar-refractivity contribution in [3.05, 3.63) is 47.5 Å². The quantitative estimate of drug-likeness (QED) is 0.592. The number of Topliss-reactive ketones (excluding diaryl/α,β-unsaturated/α-hetero) is 1. The zero-order chi connectivity index (χ0) is 17.3. The number of aliphatic hydroxyl groups is 2. The average molecular weight is 328 g/mol. The molecule has 2 aromatic rings. The molecule has 24 heavy (non-hydrogen) atoms. The molecule has 126 valence electrons. The van der Waals surface area contributed by atoms with Crippen molar-refractivity contribution in [1.82, 2.24) is 0 Å². The van der Waals surface area contributed by atoms with Crippen LogP contribution >= 0.6 is 0 Å². The molecule has 0 aromatic heterocycles. The van der Waals surface area contributed by atoms with Crippen molar-refractivity contribution in [1.29, 1.82) is 0 Å². The molecule has 0 heterocycles. The lowest BCUT2D eigenvalue weighted by Crippen LogP contribution is -2.24. The van der Waals surface area contributed by atoms with E-state index < -0.39 is 12.2 Å². The predicted octanol–water partition coefficient (Wildman–Crippen LogP) is 1.93. The summed E-state index contributed by atoms with van der Waals surface area (Å²) in [6.45, 7) is 0. The Kier molecular flexibility index (Phi) is 4.55. The molecule has 0 amide bonds. The third-order valence-corrected chi connectivity index (χ3v) is 4.41. The molecule has 4 N–H and O–H groups in total. The number of benzene rings is 2. The van der Waals surface area contributed by atoms with Gasteiger partial charge in [-0.2, -0.15) is 0 Å². The lowest BCUT2D eigenvalue weighted by molar-refractivity contribution is -0.127. The van der Waals surface area contributed by atoms with Crippen LogP contribution in [0.2, 0.25) is 0 Å². The fraction of sp³-hybridized carbons (Fsp3) is 0.316. The summed E-state index contributed by atoms with van der Waals surface area (Å²) in [5, 5.41) is 40.5. The van der Waals surface area contributed by atoms with Crippen molar-refractivity contribution in [3.63, 3.8) is 0 Å². The minimum Gasteiger partial charge on any atom is -0.507 e. The van der Waals surface area contributed by atoms with Crippen molar-refractivity contribution in [2.24, 2.45) is 0 Å². The van der Waals surface area contributed by atoms with E-state index in [0.29, 0.717) is 23.1 Å². The number of aliphatic hydroxyl groups excluding tert-OH is 2. The highest BCUT2D eigenvalue weighted by molar-refractivity contribution is 5.83. The van der Waals surface area contributed by atoms with E-state index in [1.165, 1.54) is 12.1 Å². The summed E-state index contributed by atoms with van der Waals surface area (Å²) in [6, 6.07) is 9.77. The molecule has 4 bridgehead atoms. The second-order valence-corrected chi connectivity index (χ2v) is 6.29. The SMILES string of the molecule is O=C1CC[C@H](O)Cc2ccc(O)c(c2)-c2cc(ccc2O)CC1O. The fourth-order valence-corrected chi connectivity index (χ4v) is 3.04. The van der Waals surface area contributed by atoms with Crippen LogP contribution in [0.3, 0.4) is 0 Å². The van der Waals surface area contributed by atoms with Gasteiger partial charge in [-0.05, 0) is 48.2 Å². The second kappa shape index (κ2) is 6.63. The van der Waals surface area contributed by atoms with Gasteiger partial charge in [0.25, 0.3) is 0 Å². The molecule has 0 fully saturated rings. The zero-order valence-electron chi connectivity index (χ0n) is 13.1. The molecule has 1 aliphatic carbocycles. The number of rotatable bonds is 0. The standard InChI is InChI=1S/C19H20O5/c20-13-3-6-18(23)19(24)10-12-2-5-17(22)15(9-12)14-8-11(7-13)1-4-16(14)21/h1-2,4-5,8-9,13,19-22,24H,3,6-7,10H2/t13-,19?/m0/s1. The van der Waals surface area contributed by atoms with Gasteiger partial charge < -0.3 is 20.4 Å². The van der Waals surface area contributed by atoms with Gasteiger partial charge in [0.1, 0.15) is 17.6 Å². The zero-order valence-corrected chi connectivity index (χ0v) is 13.1. The van der Waals surface area contributed by atoms with Crippen molar-refractivity contribution in [2.75, 3.05) is 0 Å². The summed E-state index contributed by atoms with van der Waals surface area (Å²) in [5.74, 6) is -0.285. The van der Waals surface area contributed by atoms with Crippen LogP contribution in [0.15, 0.2) is 36.4 Å². The van der Waals surface area contributed by atoms with Crippen LogP contribution in [-0.2, 0) is 17.6 Å². The Hall–Kier alpha value is -2.37. The van der Waals surface area contributed by atoms with Crippen molar-refractivity contribution < 1.29 is 25.2 Å². The normalized spacial score (nSPS) is 21.5. The highest BCUT2D eigenvalue weighted by Gasteiger charge is 2.20. The Morgan fingerprint density at radius 3 is 1.96 bits per heavy atom. The van der Waals surface area contributed by atoms with E-state index in [2.05, 4.69) is 0 Å². The van der Waals surface area contributed by atoms with Gasteiger partial charge in [-0.25, -0.2) is 0 Å². The molecular formula is C19H20O5. The minimum atomic E-state index is -1.15. The van der Waals surface area contributed by atoms with Crippen LogP contribution in [-0.4, -0.2) is 38.4 Å². The third kappa shape index (κ3) is 3.42. The molecule has 1 unspecified atom stereocenters.